The van der Waals surface area contributed by atoms with Crippen molar-refractivity contribution in [1.29, 1.82) is 0 Å². The first-order valence-corrected chi connectivity index (χ1v) is 10.5. The lowest BCUT2D eigenvalue weighted by atomic mass is 10.3. The molecule has 3 rings (SSSR count). The van der Waals surface area contributed by atoms with Crippen LogP contribution in [0.25, 0.3) is 0 Å². The van der Waals surface area contributed by atoms with E-state index in [0.717, 1.165) is 17.0 Å². The number of anilines is 1. The third-order valence-electron chi connectivity index (χ3n) is 4.74. The summed E-state index contributed by atoms with van der Waals surface area (Å²) in [5, 5.41) is 2.53. The predicted molar refractivity (Wildman–Crippen MR) is 102 cm³/mol. The summed E-state index contributed by atoms with van der Waals surface area (Å²) in [5.74, 6) is -1.79. The van der Waals surface area contributed by atoms with Crippen molar-refractivity contribution in [1.82, 2.24) is 4.31 Å². The summed E-state index contributed by atoms with van der Waals surface area (Å²) < 4.78 is 58.1. The van der Waals surface area contributed by atoms with Crippen LogP contribution in [0.5, 0.6) is 5.75 Å². The van der Waals surface area contributed by atoms with Gasteiger partial charge in [0.2, 0.25) is 10.0 Å². The molecular formula is C19H22F2N3O4S+. The van der Waals surface area contributed by atoms with Crippen molar-refractivity contribution in [3.05, 3.63) is 54.1 Å². The number of quaternary nitrogens is 1. The second-order valence-electron chi connectivity index (χ2n) is 6.68. The molecule has 0 radical (unpaired) electrons. The molecule has 0 bridgehead atoms. The third-order valence-corrected chi connectivity index (χ3v) is 6.65. The molecule has 0 saturated carbocycles. The number of benzene rings is 2. The van der Waals surface area contributed by atoms with Gasteiger partial charge in [0.15, 0.2) is 18.2 Å². The first-order chi connectivity index (χ1) is 13.8. The molecule has 156 valence electrons. The van der Waals surface area contributed by atoms with E-state index in [2.05, 4.69) is 5.32 Å². The Morgan fingerprint density at radius 1 is 1.10 bits per heavy atom. The van der Waals surface area contributed by atoms with Crippen LogP contribution in [0.3, 0.4) is 0 Å². The van der Waals surface area contributed by atoms with Crippen molar-refractivity contribution in [3.8, 4) is 5.75 Å². The number of ether oxygens (including phenoxy) is 1. The zero-order valence-corrected chi connectivity index (χ0v) is 16.6. The minimum Gasteiger partial charge on any atom is -0.497 e. The Hall–Kier alpha value is -2.56. The highest BCUT2D eigenvalue weighted by Crippen LogP contribution is 2.19. The fourth-order valence-electron chi connectivity index (χ4n) is 3.12. The van der Waals surface area contributed by atoms with Gasteiger partial charge in [-0.3, -0.25) is 4.79 Å². The SMILES string of the molecule is COc1ccc(S(=O)(=O)N2CC[NH+](CC(=O)Nc3ccc(F)c(F)c3)CC2)cc1. The van der Waals surface area contributed by atoms with Gasteiger partial charge in [0.25, 0.3) is 5.91 Å². The number of halogens is 2. The zero-order valence-electron chi connectivity index (χ0n) is 15.8. The number of nitrogens with one attached hydrogen (secondary N) is 2. The Balaban J connectivity index is 1.54. The number of amides is 1. The molecule has 0 aromatic heterocycles. The van der Waals surface area contributed by atoms with Crippen LogP contribution in [0.1, 0.15) is 0 Å². The van der Waals surface area contributed by atoms with Gasteiger partial charge in [0.1, 0.15) is 5.75 Å². The van der Waals surface area contributed by atoms with Gasteiger partial charge in [-0.15, -0.1) is 0 Å². The highest BCUT2D eigenvalue weighted by Gasteiger charge is 2.31. The Labute approximate surface area is 167 Å². The number of methoxy groups -OCH3 is 1. The summed E-state index contributed by atoms with van der Waals surface area (Å²) in [4.78, 5) is 13.2. The van der Waals surface area contributed by atoms with Gasteiger partial charge in [0, 0.05) is 11.8 Å². The molecule has 0 aliphatic carbocycles. The number of hydrogen-bond donors (Lipinski definition) is 2. The summed E-state index contributed by atoms with van der Waals surface area (Å²) >= 11 is 0. The molecule has 0 unspecified atom stereocenters. The Morgan fingerprint density at radius 2 is 1.76 bits per heavy atom. The molecule has 2 N–H and O–H groups in total. The molecule has 1 saturated heterocycles. The highest BCUT2D eigenvalue weighted by molar-refractivity contribution is 7.89. The Morgan fingerprint density at radius 3 is 2.34 bits per heavy atom. The number of piperazine rings is 1. The van der Waals surface area contributed by atoms with E-state index in [9.17, 15) is 22.0 Å². The number of carbonyl (C=O) groups is 1. The summed E-state index contributed by atoms with van der Waals surface area (Å²) in [6.07, 6.45) is 0. The van der Waals surface area contributed by atoms with E-state index in [4.69, 9.17) is 4.74 Å². The Bertz CT molecular complexity index is 975. The predicted octanol–water partition coefficient (Wildman–Crippen LogP) is 0.501. The molecule has 0 atom stereocenters. The topological polar surface area (TPSA) is 80.2 Å². The number of sulfonamides is 1. The second-order valence-corrected chi connectivity index (χ2v) is 8.62. The third kappa shape index (κ3) is 5.08. The number of hydrogen-bond acceptors (Lipinski definition) is 4. The van der Waals surface area contributed by atoms with Crippen LogP contribution < -0.4 is 15.0 Å². The van der Waals surface area contributed by atoms with E-state index in [1.165, 1.54) is 29.6 Å². The van der Waals surface area contributed by atoms with E-state index in [1.54, 1.807) is 12.1 Å². The number of rotatable bonds is 6. The fourth-order valence-corrected chi connectivity index (χ4v) is 4.56. The lowest BCUT2D eigenvalue weighted by Crippen LogP contribution is -3.15. The van der Waals surface area contributed by atoms with Crippen molar-refractivity contribution in [2.24, 2.45) is 0 Å². The van der Waals surface area contributed by atoms with Crippen molar-refractivity contribution in [2.45, 2.75) is 4.90 Å². The van der Waals surface area contributed by atoms with Crippen LogP contribution >= 0.6 is 0 Å². The lowest BCUT2D eigenvalue weighted by Gasteiger charge is -2.31. The minimum atomic E-state index is -3.61. The monoisotopic (exact) mass is 426 g/mol. The molecule has 1 heterocycles. The summed E-state index contributed by atoms with van der Waals surface area (Å²) in [7, 11) is -2.10. The maximum absolute atomic E-state index is 13.2. The molecule has 1 aliphatic rings. The quantitative estimate of drug-likeness (QED) is 0.705. The van der Waals surface area contributed by atoms with Crippen molar-refractivity contribution >= 4 is 21.6 Å². The first kappa shape index (κ1) is 21.2. The van der Waals surface area contributed by atoms with Crippen molar-refractivity contribution in [2.75, 3.05) is 45.2 Å². The average Bonchev–Trinajstić information content (AvgIpc) is 2.71. The number of carbonyl (C=O) groups excluding carboxylic acids is 1. The van der Waals surface area contributed by atoms with E-state index in [1.807, 2.05) is 0 Å². The minimum absolute atomic E-state index is 0.107. The summed E-state index contributed by atoms with van der Waals surface area (Å²) in [6.45, 7) is 1.58. The van der Waals surface area contributed by atoms with Crippen molar-refractivity contribution < 1.29 is 31.6 Å². The van der Waals surface area contributed by atoms with Gasteiger partial charge in [0.05, 0.1) is 38.2 Å². The Kier molecular flexibility index (Phi) is 6.46. The van der Waals surface area contributed by atoms with Gasteiger partial charge >= 0.3 is 0 Å². The van der Waals surface area contributed by atoms with Crippen molar-refractivity contribution in [3.63, 3.8) is 0 Å². The molecule has 1 fully saturated rings. The van der Waals surface area contributed by atoms with Crippen LogP contribution in [0, 0.1) is 11.6 Å². The maximum Gasteiger partial charge on any atom is 0.279 e. The van der Waals surface area contributed by atoms with Crippen LogP contribution in [0.2, 0.25) is 0 Å². The van der Waals surface area contributed by atoms with Gasteiger partial charge in [-0.1, -0.05) is 0 Å². The lowest BCUT2D eigenvalue weighted by molar-refractivity contribution is -0.895. The molecular weight excluding hydrogens is 404 g/mol. The van der Waals surface area contributed by atoms with Crippen LogP contribution in [-0.4, -0.2) is 58.5 Å². The summed E-state index contributed by atoms with van der Waals surface area (Å²) in [6, 6.07) is 9.34. The van der Waals surface area contributed by atoms with E-state index >= 15 is 0 Å². The zero-order chi connectivity index (χ0) is 21.0. The standard InChI is InChI=1S/C19H21F2N3O4S/c1-28-15-3-5-16(6-4-15)29(26,27)24-10-8-23(9-11-24)13-19(25)22-14-2-7-17(20)18(21)12-14/h2-7,12H,8-11,13H2,1H3,(H,22,25)/p+1. The smallest absolute Gasteiger partial charge is 0.279 e. The molecule has 2 aromatic carbocycles. The summed E-state index contributed by atoms with van der Waals surface area (Å²) in [5.41, 5.74) is 0.175. The molecule has 7 nitrogen and oxygen atoms in total. The normalized spacial score (nSPS) is 15.8. The molecule has 2 aromatic rings. The first-order valence-electron chi connectivity index (χ1n) is 9.02. The molecule has 29 heavy (non-hydrogen) atoms. The second kappa shape index (κ2) is 8.85. The van der Waals surface area contributed by atoms with Gasteiger partial charge < -0.3 is 15.0 Å². The molecule has 1 amide bonds. The van der Waals surface area contributed by atoms with Crippen LogP contribution in [0.4, 0.5) is 14.5 Å². The molecule has 1 aliphatic heterocycles. The molecule has 10 heteroatoms. The maximum atomic E-state index is 13.2. The number of nitrogens with zero attached hydrogens (tertiary/aromatic N) is 1. The van der Waals surface area contributed by atoms with E-state index in [-0.39, 0.29) is 36.1 Å². The highest BCUT2D eigenvalue weighted by atomic mass is 32.2. The van der Waals surface area contributed by atoms with Crippen LogP contribution in [0.15, 0.2) is 47.4 Å². The average molecular weight is 426 g/mol. The van der Waals surface area contributed by atoms with E-state index < -0.39 is 21.7 Å². The van der Waals surface area contributed by atoms with E-state index in [0.29, 0.717) is 18.8 Å². The van der Waals surface area contributed by atoms with Gasteiger partial charge in [-0.25, -0.2) is 17.2 Å². The van der Waals surface area contributed by atoms with Crippen LogP contribution in [-0.2, 0) is 14.8 Å². The molecule has 0 spiro atoms. The largest absolute Gasteiger partial charge is 0.497 e. The van der Waals surface area contributed by atoms with Gasteiger partial charge in [-0.05, 0) is 36.4 Å². The van der Waals surface area contributed by atoms with Gasteiger partial charge in [-0.2, -0.15) is 4.31 Å². The fraction of sp³-hybridized carbons (Fsp3) is 0.316.